The molecular formula is C24H20I2. The van der Waals surface area contributed by atoms with E-state index in [0.29, 0.717) is 0 Å². The van der Waals surface area contributed by atoms with Gasteiger partial charge in [0.15, 0.2) is 0 Å². The van der Waals surface area contributed by atoms with Crippen molar-refractivity contribution in [1.29, 1.82) is 0 Å². The van der Waals surface area contributed by atoms with Crippen molar-refractivity contribution in [2.75, 3.05) is 0 Å². The van der Waals surface area contributed by atoms with Gasteiger partial charge in [0.25, 0.3) is 0 Å². The van der Waals surface area contributed by atoms with Gasteiger partial charge in [0.2, 0.25) is 0 Å². The molecule has 2 aliphatic carbocycles. The lowest BCUT2D eigenvalue weighted by Gasteiger charge is -2.22. The highest BCUT2D eigenvalue weighted by atomic mass is 127. The van der Waals surface area contributed by atoms with Gasteiger partial charge in [-0.1, -0.05) is 92.7 Å². The smallest absolute Gasteiger partial charge is 0.0686 e. The molecule has 0 aliphatic heterocycles. The second-order valence-electron chi connectivity index (χ2n) is 8.05. The summed E-state index contributed by atoms with van der Waals surface area (Å²) < 4.78 is 0.0528. The van der Waals surface area contributed by atoms with E-state index in [0.717, 1.165) is 0 Å². The molecule has 2 heteroatoms. The lowest BCUT2D eigenvalue weighted by molar-refractivity contribution is 0.901. The van der Waals surface area contributed by atoms with E-state index in [1.807, 2.05) is 0 Å². The Morgan fingerprint density at radius 1 is 0.538 bits per heavy atom. The summed E-state index contributed by atoms with van der Waals surface area (Å²) in [5.41, 5.74) is 14.2. The van der Waals surface area contributed by atoms with Crippen LogP contribution in [0.5, 0.6) is 0 Å². The minimum atomic E-state index is 0.0264. The van der Waals surface area contributed by atoms with E-state index in [-0.39, 0.29) is 6.84 Å². The fourth-order valence-electron chi connectivity index (χ4n) is 4.68. The Morgan fingerprint density at radius 3 is 1.27 bits per heavy atom. The molecule has 0 aromatic heterocycles. The molecule has 0 saturated carbocycles. The van der Waals surface area contributed by atoms with E-state index in [1.54, 1.807) is 0 Å². The number of aryl methyl sites for hydroxylation is 2. The molecule has 26 heavy (non-hydrogen) atoms. The van der Waals surface area contributed by atoms with Gasteiger partial charge in [-0.25, -0.2) is 0 Å². The van der Waals surface area contributed by atoms with Crippen LogP contribution in [0.15, 0.2) is 48.5 Å². The Bertz CT molecular complexity index is 1010. The highest BCUT2D eigenvalue weighted by molar-refractivity contribution is 14.1. The van der Waals surface area contributed by atoms with Gasteiger partial charge < -0.3 is 0 Å². The fraction of sp³-hybridized carbons (Fsp3) is 0.250. The maximum Gasteiger partial charge on any atom is 0.0702 e. The molecule has 0 N–H and O–H groups in total. The summed E-state index contributed by atoms with van der Waals surface area (Å²) in [7, 11) is 0. The number of benzene rings is 3. The normalized spacial score (nSPS) is 24.8. The molecule has 0 spiro atoms. The fourth-order valence-corrected chi connectivity index (χ4v) is 6.46. The predicted octanol–water partition coefficient (Wildman–Crippen LogP) is 7.66. The average molecular weight is 562 g/mol. The topological polar surface area (TPSA) is 0 Å². The predicted molar refractivity (Wildman–Crippen MR) is 128 cm³/mol. The number of alkyl halides is 2. The number of rotatable bonds is 0. The summed E-state index contributed by atoms with van der Waals surface area (Å²) in [5.74, 6) is 0. The molecule has 2 aliphatic rings. The number of hydrogen-bond acceptors (Lipinski definition) is 0. The summed E-state index contributed by atoms with van der Waals surface area (Å²) in [5, 5.41) is 0. The van der Waals surface area contributed by atoms with Crippen LogP contribution in [0.4, 0.5) is 0 Å². The van der Waals surface area contributed by atoms with E-state index in [4.69, 9.17) is 0 Å². The van der Waals surface area contributed by atoms with Crippen molar-refractivity contribution in [2.24, 2.45) is 0 Å². The number of hydrogen-bond donors (Lipinski definition) is 0. The van der Waals surface area contributed by atoms with Crippen molar-refractivity contribution in [3.63, 3.8) is 0 Å². The maximum absolute atomic E-state index is 2.64. The van der Waals surface area contributed by atoms with Gasteiger partial charge in [-0.05, 0) is 84.3 Å². The third-order valence-corrected chi connectivity index (χ3v) is 8.44. The van der Waals surface area contributed by atoms with Crippen molar-refractivity contribution in [2.45, 2.75) is 34.5 Å². The van der Waals surface area contributed by atoms with Crippen LogP contribution in [0.1, 0.15) is 47.2 Å². The van der Waals surface area contributed by atoms with E-state index in [2.05, 4.69) is 121 Å². The summed E-state index contributed by atoms with van der Waals surface area (Å²) >= 11 is 5.29. The maximum atomic E-state index is 2.64. The molecule has 0 amide bonds. The molecule has 0 fully saturated rings. The van der Waals surface area contributed by atoms with E-state index >= 15 is 0 Å². The molecule has 0 saturated heterocycles. The van der Waals surface area contributed by atoms with Crippen molar-refractivity contribution in [3.8, 4) is 22.3 Å². The van der Waals surface area contributed by atoms with Crippen molar-refractivity contribution in [3.05, 3.63) is 81.9 Å². The van der Waals surface area contributed by atoms with Crippen LogP contribution in [0.25, 0.3) is 22.3 Å². The van der Waals surface area contributed by atoms with Crippen LogP contribution in [0.2, 0.25) is 0 Å². The molecule has 0 bridgehead atoms. The van der Waals surface area contributed by atoms with Crippen LogP contribution in [-0.4, -0.2) is 0 Å². The van der Waals surface area contributed by atoms with Gasteiger partial charge in [-0.2, -0.15) is 0 Å². The third kappa shape index (κ3) is 2.12. The van der Waals surface area contributed by atoms with E-state index in [9.17, 15) is 0 Å². The molecule has 0 radical (unpaired) electrons. The van der Waals surface area contributed by atoms with Gasteiger partial charge >= 0.3 is 0 Å². The second-order valence-corrected chi connectivity index (χ2v) is 12.4. The first-order valence-corrected chi connectivity index (χ1v) is 11.2. The number of fused-ring (bicyclic) bond motifs is 6. The highest BCUT2D eigenvalue weighted by Crippen LogP contribution is 2.59. The summed E-state index contributed by atoms with van der Waals surface area (Å²) in [4.78, 5) is 0. The number of halogens is 2. The van der Waals surface area contributed by atoms with Gasteiger partial charge in [-0.15, -0.1) is 0 Å². The first-order chi connectivity index (χ1) is 12.2. The molecule has 0 nitrogen and oxygen atoms in total. The average Bonchev–Trinajstić information content (AvgIpc) is 2.93. The zero-order chi connectivity index (χ0) is 18.4. The largest absolute Gasteiger partial charge is 0.0702 e. The van der Waals surface area contributed by atoms with Gasteiger partial charge in [0, 0.05) is 0 Å². The lowest BCUT2D eigenvalue weighted by atomic mass is 9.92. The molecule has 3 aromatic rings. The zero-order valence-corrected chi connectivity index (χ0v) is 19.7. The lowest BCUT2D eigenvalue weighted by Crippen LogP contribution is -2.12. The quantitative estimate of drug-likeness (QED) is 0.195. The minimum Gasteiger partial charge on any atom is -0.0686 e. The summed E-state index contributed by atoms with van der Waals surface area (Å²) in [6.45, 7) is 9.10. The molecule has 5 rings (SSSR count). The SMILES string of the molecule is Cc1ccc2c(c1)C(C)(I)c1cc3c(cc1-2)C(C)(I)c1cc(C)ccc1-3. The van der Waals surface area contributed by atoms with Crippen LogP contribution in [-0.2, 0) is 6.84 Å². The molecule has 0 heterocycles. The third-order valence-electron chi connectivity index (χ3n) is 6.11. The van der Waals surface area contributed by atoms with Crippen LogP contribution in [0.3, 0.4) is 0 Å². The van der Waals surface area contributed by atoms with Gasteiger partial charge in [0.05, 0.1) is 6.84 Å². The molecule has 3 aromatic carbocycles. The Morgan fingerprint density at radius 2 is 0.885 bits per heavy atom. The van der Waals surface area contributed by atoms with Crippen molar-refractivity contribution in [1.82, 2.24) is 0 Å². The minimum absolute atomic E-state index is 0.0264. The Hall–Kier alpha value is -0.880. The molecule has 2 unspecified atom stereocenters. The van der Waals surface area contributed by atoms with Crippen LogP contribution < -0.4 is 0 Å². The molecule has 2 atom stereocenters. The Balaban J connectivity index is 1.84. The highest BCUT2D eigenvalue weighted by Gasteiger charge is 2.43. The zero-order valence-electron chi connectivity index (χ0n) is 15.4. The second kappa shape index (κ2) is 5.34. The summed E-state index contributed by atoms with van der Waals surface area (Å²) in [6.07, 6.45) is 0. The Labute approximate surface area is 182 Å². The van der Waals surface area contributed by atoms with Crippen LogP contribution in [0, 0.1) is 13.8 Å². The monoisotopic (exact) mass is 562 g/mol. The van der Waals surface area contributed by atoms with Crippen LogP contribution >= 0.6 is 45.2 Å². The molecule has 130 valence electrons. The first-order valence-electron chi connectivity index (χ1n) is 9.01. The first kappa shape index (κ1) is 17.2. The van der Waals surface area contributed by atoms with Crippen molar-refractivity contribution >= 4 is 45.2 Å². The van der Waals surface area contributed by atoms with Gasteiger partial charge in [0.1, 0.15) is 0 Å². The van der Waals surface area contributed by atoms with E-state index < -0.39 is 0 Å². The van der Waals surface area contributed by atoms with Gasteiger partial charge in [-0.3, -0.25) is 0 Å². The Kier molecular flexibility index (Phi) is 3.54. The summed E-state index contributed by atoms with van der Waals surface area (Å²) in [6, 6.07) is 18.8. The van der Waals surface area contributed by atoms with E-state index in [1.165, 1.54) is 55.6 Å². The molecular weight excluding hydrogens is 542 g/mol. The van der Waals surface area contributed by atoms with Crippen molar-refractivity contribution < 1.29 is 0 Å². The standard InChI is InChI=1S/C24H20I2/c1-13-5-7-15-17-11-22-18(12-21(17)23(3,25)19(15)9-13)16-8-6-14(2)10-20(16)24(22,4)26/h5-12H,1-4H3.